The highest BCUT2D eigenvalue weighted by molar-refractivity contribution is 7.05. The van der Waals surface area contributed by atoms with Crippen LogP contribution in [0.2, 0.25) is 32.7 Å². The summed E-state index contributed by atoms with van der Waals surface area (Å²) < 4.78 is 39.3. The summed E-state index contributed by atoms with van der Waals surface area (Å²) in [5, 5.41) is 5.03. The zero-order valence-electron chi connectivity index (χ0n) is 38.3. The SMILES string of the molecule is CN(C)c1ccc([Si]2(C)O[Si](C)(c3ccc(N(C)C)cc3)O[Si](C)(c3ccc(N(C)C)cc3)O[Si](C)(c3ccc(N(C)C)cc3)O[Si](C)(c3ccc(N(C)C)cc3)O2)cc1. The first-order chi connectivity index (χ1) is 28.1. The van der Waals surface area contributed by atoms with Crippen LogP contribution in [-0.2, 0) is 20.6 Å². The Morgan fingerprint density at radius 3 is 0.450 bits per heavy atom. The molecule has 0 aliphatic carbocycles. The molecule has 60 heavy (non-hydrogen) atoms. The maximum Gasteiger partial charge on any atom is 0.352 e. The molecule has 0 aromatic heterocycles. The lowest BCUT2D eigenvalue weighted by molar-refractivity contribution is 0.254. The lowest BCUT2D eigenvalue weighted by Crippen LogP contribution is -2.77. The minimum atomic E-state index is -3.48. The Bertz CT molecular complexity index is 1830. The van der Waals surface area contributed by atoms with E-state index in [9.17, 15) is 0 Å². The fourth-order valence-electron chi connectivity index (χ4n) is 7.86. The first kappa shape index (κ1) is 45.5. The number of nitrogens with zero attached hydrogens (tertiary/aromatic N) is 5. The highest BCUT2D eigenvalue weighted by Gasteiger charge is 2.60. The van der Waals surface area contributed by atoms with E-state index in [0.29, 0.717) is 0 Å². The smallest absolute Gasteiger partial charge is 0.352 e. The minimum absolute atomic E-state index is 1.01. The fraction of sp³-hybridized carbons (Fsp3) is 0.333. The van der Waals surface area contributed by atoms with Gasteiger partial charge in [0.2, 0.25) is 0 Å². The molecule has 5 aromatic rings. The van der Waals surface area contributed by atoms with Crippen molar-refractivity contribution in [3.8, 4) is 0 Å². The van der Waals surface area contributed by atoms with Crippen LogP contribution in [0.1, 0.15) is 0 Å². The zero-order valence-corrected chi connectivity index (χ0v) is 43.3. The molecule has 0 radical (unpaired) electrons. The monoisotopic (exact) mass is 895 g/mol. The van der Waals surface area contributed by atoms with Crippen LogP contribution in [0.4, 0.5) is 28.4 Å². The van der Waals surface area contributed by atoms with Crippen molar-refractivity contribution in [2.45, 2.75) is 32.7 Å². The largest absolute Gasteiger partial charge is 0.409 e. The summed E-state index contributed by atoms with van der Waals surface area (Å²) in [6.07, 6.45) is 0. The summed E-state index contributed by atoms with van der Waals surface area (Å²) in [6, 6.07) is 43.2. The van der Waals surface area contributed by atoms with Gasteiger partial charge in [0.15, 0.2) is 0 Å². The van der Waals surface area contributed by atoms with Gasteiger partial charge in [-0.05, 0) is 119 Å². The average molecular weight is 896 g/mol. The van der Waals surface area contributed by atoms with E-state index in [-0.39, 0.29) is 0 Å². The molecule has 0 bridgehead atoms. The molecular formula is C45H65N5O5Si5. The van der Waals surface area contributed by atoms with Crippen molar-refractivity contribution in [3.05, 3.63) is 121 Å². The summed E-state index contributed by atoms with van der Waals surface area (Å²) in [5.74, 6) is 0. The summed E-state index contributed by atoms with van der Waals surface area (Å²) in [5.41, 5.74) is 5.48. The normalized spacial score (nSPS) is 25.9. The van der Waals surface area contributed by atoms with E-state index < -0.39 is 42.8 Å². The second-order valence-corrected chi connectivity index (χ2v) is 33.9. The maximum atomic E-state index is 7.86. The van der Waals surface area contributed by atoms with E-state index in [1.54, 1.807) is 0 Å². The van der Waals surface area contributed by atoms with Gasteiger partial charge in [-0.3, -0.25) is 0 Å². The van der Waals surface area contributed by atoms with E-state index in [1.165, 1.54) is 0 Å². The van der Waals surface area contributed by atoms with Crippen molar-refractivity contribution < 1.29 is 20.6 Å². The fourth-order valence-corrected chi connectivity index (χ4v) is 34.0. The van der Waals surface area contributed by atoms with Gasteiger partial charge in [0, 0.05) is 98.9 Å². The van der Waals surface area contributed by atoms with Gasteiger partial charge >= 0.3 is 42.8 Å². The van der Waals surface area contributed by atoms with E-state index >= 15 is 0 Å². The van der Waals surface area contributed by atoms with Gasteiger partial charge in [-0.15, -0.1) is 0 Å². The molecule has 0 N–H and O–H groups in total. The van der Waals surface area contributed by atoms with E-state index in [1.807, 2.05) is 0 Å². The first-order valence-corrected chi connectivity index (χ1v) is 32.1. The second-order valence-electron chi connectivity index (χ2n) is 17.4. The van der Waals surface area contributed by atoms with Crippen molar-refractivity contribution in [3.63, 3.8) is 0 Å². The van der Waals surface area contributed by atoms with Gasteiger partial charge in [-0.2, -0.15) is 0 Å². The average Bonchev–Trinajstić information content (AvgIpc) is 3.20. The van der Waals surface area contributed by atoms with Crippen LogP contribution in [-0.4, -0.2) is 113 Å². The molecule has 0 amide bonds. The lowest BCUT2D eigenvalue weighted by Gasteiger charge is -2.50. The standard InChI is InChI=1S/C45H65N5O5Si5/c1-46(2)36-16-26-41(27-17-36)56(11)51-57(12,42-28-18-37(19-29-42)47(3)4)53-59(14,44-32-22-39(23-33-44)49(7)8)55-60(15,45-34-24-40(25-35-45)50(9)10)54-58(13,52-56)43-30-20-38(21-31-43)48(5)6/h16-35H,1-15H3. The molecule has 1 aliphatic rings. The lowest BCUT2D eigenvalue weighted by atomic mass is 10.3. The minimum Gasteiger partial charge on any atom is -0.409 e. The van der Waals surface area contributed by atoms with Crippen molar-refractivity contribution in [2.24, 2.45) is 0 Å². The Kier molecular flexibility index (Phi) is 13.2. The predicted octanol–water partition coefficient (Wildman–Crippen LogP) is 5.31. The molecule has 6 rings (SSSR count). The molecular weight excluding hydrogens is 831 g/mol. The van der Waals surface area contributed by atoms with Gasteiger partial charge in [0.05, 0.1) is 0 Å². The Morgan fingerprint density at radius 2 is 0.350 bits per heavy atom. The number of anilines is 5. The molecule has 0 saturated carbocycles. The van der Waals surface area contributed by atoms with Gasteiger partial charge in [-0.1, -0.05) is 60.7 Å². The molecule has 10 nitrogen and oxygen atoms in total. The molecule has 15 heteroatoms. The third-order valence-electron chi connectivity index (χ3n) is 11.5. The molecule has 1 aliphatic heterocycles. The first-order valence-electron chi connectivity index (χ1n) is 20.5. The second kappa shape index (κ2) is 17.4. The molecule has 320 valence electrons. The van der Waals surface area contributed by atoms with Crippen LogP contribution in [0.5, 0.6) is 0 Å². The number of hydrogen-bond acceptors (Lipinski definition) is 10. The molecule has 0 unspecified atom stereocenters. The van der Waals surface area contributed by atoms with Crippen LogP contribution in [0.3, 0.4) is 0 Å². The number of rotatable bonds is 10. The molecule has 1 saturated heterocycles. The van der Waals surface area contributed by atoms with Gasteiger partial charge in [-0.25, -0.2) is 0 Å². The van der Waals surface area contributed by atoms with Gasteiger partial charge < -0.3 is 45.1 Å². The van der Waals surface area contributed by atoms with Crippen LogP contribution in [0, 0.1) is 0 Å². The van der Waals surface area contributed by atoms with Crippen molar-refractivity contribution in [1.29, 1.82) is 0 Å². The van der Waals surface area contributed by atoms with Crippen molar-refractivity contribution >= 4 is 97.2 Å². The van der Waals surface area contributed by atoms with E-state index in [2.05, 4.69) is 249 Å². The van der Waals surface area contributed by atoms with Crippen LogP contribution >= 0.6 is 0 Å². The molecule has 0 atom stereocenters. The topological polar surface area (TPSA) is 62.3 Å². The number of benzene rings is 5. The Hall–Kier alpha value is -4.02. The van der Waals surface area contributed by atoms with Crippen molar-refractivity contribution in [1.82, 2.24) is 0 Å². The molecule has 1 fully saturated rings. The summed E-state index contributed by atoms with van der Waals surface area (Å²) in [4.78, 5) is 10.6. The summed E-state index contributed by atoms with van der Waals surface area (Å²) in [6.45, 7) is 10.9. The quantitative estimate of drug-likeness (QED) is 0.173. The Morgan fingerprint density at radius 1 is 0.233 bits per heavy atom. The van der Waals surface area contributed by atoms with Crippen LogP contribution < -0.4 is 50.4 Å². The highest BCUT2D eigenvalue weighted by atomic mass is 28.5. The van der Waals surface area contributed by atoms with Crippen LogP contribution in [0.25, 0.3) is 0 Å². The van der Waals surface area contributed by atoms with Crippen LogP contribution in [0.15, 0.2) is 121 Å². The Balaban J connectivity index is 1.68. The van der Waals surface area contributed by atoms with Crippen molar-refractivity contribution in [2.75, 3.05) is 95.0 Å². The summed E-state index contributed by atoms with van der Waals surface area (Å²) >= 11 is 0. The predicted molar refractivity (Wildman–Crippen MR) is 266 cm³/mol. The Labute approximate surface area is 365 Å². The molecule has 0 spiro atoms. The maximum absolute atomic E-state index is 7.86. The van der Waals surface area contributed by atoms with E-state index in [0.717, 1.165) is 54.4 Å². The highest BCUT2D eigenvalue weighted by Crippen LogP contribution is 2.33. The third kappa shape index (κ3) is 9.55. The zero-order chi connectivity index (χ0) is 43.8. The summed E-state index contributed by atoms with van der Waals surface area (Å²) in [7, 11) is 3.18. The van der Waals surface area contributed by atoms with Gasteiger partial charge in [0.1, 0.15) is 0 Å². The third-order valence-corrected chi connectivity index (χ3v) is 34.0. The molecule has 5 aromatic carbocycles. The molecule has 1 heterocycles. The van der Waals surface area contributed by atoms with E-state index in [4.69, 9.17) is 20.6 Å². The number of hydrogen-bond donors (Lipinski definition) is 0. The van der Waals surface area contributed by atoms with Gasteiger partial charge in [0.25, 0.3) is 0 Å².